The first-order valence-electron chi connectivity index (χ1n) is 3.93. The van der Waals surface area contributed by atoms with E-state index in [1.54, 1.807) is 6.92 Å². The molecule has 0 saturated heterocycles. The summed E-state index contributed by atoms with van der Waals surface area (Å²) in [7, 11) is 0. The average Bonchev–Trinajstić information content (AvgIpc) is 2.08. The smallest absolute Gasteiger partial charge is 0.258 e. The number of aryl methyl sites for hydroxylation is 1. The van der Waals surface area contributed by atoms with E-state index in [1.807, 2.05) is 22.6 Å². The Morgan fingerprint density at radius 3 is 2.93 bits per heavy atom. The number of hydrogen-bond donors (Lipinski definition) is 1. The summed E-state index contributed by atoms with van der Waals surface area (Å²) in [6.45, 7) is 1.66. The molecule has 0 atom stereocenters. The summed E-state index contributed by atoms with van der Waals surface area (Å²) in [4.78, 5) is 18.0. The Bertz CT molecular complexity index is 564. The molecular weight excluding hydrogens is 298 g/mol. The topological polar surface area (TPSA) is 45.8 Å². The van der Waals surface area contributed by atoms with Gasteiger partial charge in [-0.05, 0) is 35.6 Å². The highest BCUT2D eigenvalue weighted by molar-refractivity contribution is 14.1. The van der Waals surface area contributed by atoms with E-state index in [0.717, 1.165) is 0 Å². The number of nitrogens with zero attached hydrogens (tertiary/aromatic N) is 1. The third-order valence-corrected chi connectivity index (χ3v) is 2.69. The quantitative estimate of drug-likeness (QED) is 0.756. The van der Waals surface area contributed by atoms with E-state index in [1.165, 1.54) is 12.1 Å². The number of nitrogens with one attached hydrogen (secondary N) is 1. The fourth-order valence-electron chi connectivity index (χ4n) is 1.25. The fourth-order valence-corrected chi connectivity index (χ4v) is 1.72. The lowest BCUT2D eigenvalue weighted by Crippen LogP contribution is -2.10. The second-order valence-electron chi connectivity index (χ2n) is 2.93. The van der Waals surface area contributed by atoms with Crippen LogP contribution in [0.5, 0.6) is 0 Å². The summed E-state index contributed by atoms with van der Waals surface area (Å²) >= 11 is 1.84. The van der Waals surface area contributed by atoms with E-state index in [9.17, 15) is 9.18 Å². The van der Waals surface area contributed by atoms with Crippen molar-refractivity contribution >= 4 is 33.5 Å². The molecule has 0 aliphatic rings. The minimum absolute atomic E-state index is 0.231. The predicted octanol–water partition coefficient (Wildman–Crippen LogP) is 1.98. The van der Waals surface area contributed by atoms with Crippen molar-refractivity contribution in [3.63, 3.8) is 0 Å². The van der Waals surface area contributed by atoms with Gasteiger partial charge in [-0.3, -0.25) is 4.79 Å². The molecule has 2 rings (SSSR count). The highest BCUT2D eigenvalue weighted by Gasteiger charge is 2.06. The van der Waals surface area contributed by atoms with Crippen LogP contribution < -0.4 is 5.56 Å². The first kappa shape index (κ1) is 9.57. The molecular formula is C9H6FIN2O. The lowest BCUT2D eigenvalue weighted by Gasteiger charge is -2.00. The minimum Gasteiger partial charge on any atom is -0.310 e. The zero-order valence-electron chi connectivity index (χ0n) is 7.27. The first-order chi connectivity index (χ1) is 6.58. The number of aromatic nitrogens is 2. The molecule has 72 valence electrons. The molecule has 14 heavy (non-hydrogen) atoms. The van der Waals surface area contributed by atoms with Crippen LogP contribution in [-0.2, 0) is 0 Å². The number of rotatable bonds is 0. The van der Waals surface area contributed by atoms with Crippen molar-refractivity contribution in [2.75, 3.05) is 0 Å². The van der Waals surface area contributed by atoms with Gasteiger partial charge < -0.3 is 4.98 Å². The number of halogens is 2. The molecule has 3 nitrogen and oxygen atoms in total. The van der Waals surface area contributed by atoms with Gasteiger partial charge in [0.2, 0.25) is 0 Å². The monoisotopic (exact) mass is 304 g/mol. The van der Waals surface area contributed by atoms with Crippen molar-refractivity contribution in [1.29, 1.82) is 0 Å². The highest BCUT2D eigenvalue weighted by atomic mass is 127. The molecule has 5 heteroatoms. The molecule has 2 aromatic rings. The molecule has 0 spiro atoms. The average molecular weight is 304 g/mol. The number of aromatic amines is 1. The molecule has 0 radical (unpaired) electrons. The Labute approximate surface area is 92.5 Å². The molecule has 0 unspecified atom stereocenters. The van der Waals surface area contributed by atoms with Crippen LogP contribution in [0.25, 0.3) is 10.9 Å². The van der Waals surface area contributed by atoms with Crippen LogP contribution >= 0.6 is 22.6 Å². The Hall–Kier alpha value is -0.980. The van der Waals surface area contributed by atoms with Crippen LogP contribution in [-0.4, -0.2) is 9.97 Å². The molecule has 0 bridgehead atoms. The lowest BCUT2D eigenvalue weighted by molar-refractivity contribution is 0.622. The molecule has 1 aromatic heterocycles. The molecule has 0 aliphatic heterocycles. The van der Waals surface area contributed by atoms with E-state index in [4.69, 9.17) is 0 Å². The largest absolute Gasteiger partial charge is 0.310 e. The van der Waals surface area contributed by atoms with E-state index in [-0.39, 0.29) is 11.4 Å². The van der Waals surface area contributed by atoms with Gasteiger partial charge in [0.1, 0.15) is 11.6 Å². The van der Waals surface area contributed by atoms with E-state index >= 15 is 0 Å². The molecule has 0 amide bonds. The Morgan fingerprint density at radius 2 is 2.21 bits per heavy atom. The maximum absolute atomic E-state index is 13.2. The number of H-pyrrole nitrogens is 1. The summed E-state index contributed by atoms with van der Waals surface area (Å²) in [5, 5.41) is 0.418. The zero-order valence-corrected chi connectivity index (χ0v) is 9.42. The molecule has 0 fully saturated rings. The van der Waals surface area contributed by atoms with Gasteiger partial charge in [0, 0.05) is 9.64 Å². The summed E-state index contributed by atoms with van der Waals surface area (Å²) in [5.74, 6) is 0.138. The van der Waals surface area contributed by atoms with Crippen molar-refractivity contribution < 1.29 is 4.39 Å². The van der Waals surface area contributed by atoms with E-state index in [0.29, 0.717) is 20.3 Å². The van der Waals surface area contributed by atoms with Gasteiger partial charge in [0.05, 0.1) is 10.9 Å². The zero-order chi connectivity index (χ0) is 10.3. The van der Waals surface area contributed by atoms with E-state index in [2.05, 4.69) is 9.97 Å². The summed E-state index contributed by atoms with van der Waals surface area (Å²) in [5.41, 5.74) is 0.162. The van der Waals surface area contributed by atoms with Gasteiger partial charge in [0.15, 0.2) is 0 Å². The molecule has 1 N–H and O–H groups in total. The highest BCUT2D eigenvalue weighted by Crippen LogP contribution is 2.16. The van der Waals surface area contributed by atoms with Gasteiger partial charge in [0.25, 0.3) is 5.56 Å². The normalized spacial score (nSPS) is 10.8. The van der Waals surface area contributed by atoms with Crippen LogP contribution in [0.3, 0.4) is 0 Å². The fraction of sp³-hybridized carbons (Fsp3) is 0.111. The summed E-state index contributed by atoms with van der Waals surface area (Å²) in [6.07, 6.45) is 0. The van der Waals surface area contributed by atoms with E-state index < -0.39 is 0 Å². The van der Waals surface area contributed by atoms with Crippen molar-refractivity contribution in [2.24, 2.45) is 0 Å². The van der Waals surface area contributed by atoms with Gasteiger partial charge in [-0.1, -0.05) is 0 Å². The van der Waals surface area contributed by atoms with Crippen LogP contribution in [0.2, 0.25) is 0 Å². The third kappa shape index (κ3) is 1.52. The maximum atomic E-state index is 13.2. The van der Waals surface area contributed by atoms with Crippen LogP contribution in [0.1, 0.15) is 5.82 Å². The molecule has 0 aliphatic carbocycles. The lowest BCUT2D eigenvalue weighted by atomic mass is 10.2. The van der Waals surface area contributed by atoms with Crippen LogP contribution in [0.4, 0.5) is 4.39 Å². The van der Waals surface area contributed by atoms with Gasteiger partial charge in [-0.25, -0.2) is 9.37 Å². The van der Waals surface area contributed by atoms with Gasteiger partial charge in [-0.15, -0.1) is 0 Å². The number of hydrogen-bond acceptors (Lipinski definition) is 2. The minimum atomic E-state index is -0.351. The third-order valence-electron chi connectivity index (χ3n) is 1.87. The van der Waals surface area contributed by atoms with Gasteiger partial charge >= 0.3 is 0 Å². The Morgan fingerprint density at radius 1 is 1.50 bits per heavy atom. The Balaban J connectivity index is 2.96. The SMILES string of the molecule is Cc1nc2cc(F)c(I)cc2c(=O)[nH]1. The van der Waals surface area contributed by atoms with Crippen molar-refractivity contribution in [1.82, 2.24) is 9.97 Å². The molecule has 1 aromatic carbocycles. The van der Waals surface area contributed by atoms with Gasteiger partial charge in [-0.2, -0.15) is 0 Å². The Kier molecular flexibility index (Phi) is 2.26. The number of fused-ring (bicyclic) bond motifs is 1. The molecule has 0 saturated carbocycles. The predicted molar refractivity (Wildman–Crippen MR) is 59.8 cm³/mol. The van der Waals surface area contributed by atoms with Crippen molar-refractivity contribution in [3.8, 4) is 0 Å². The molecule has 1 heterocycles. The summed E-state index contributed by atoms with van der Waals surface area (Å²) in [6, 6.07) is 2.77. The second-order valence-corrected chi connectivity index (χ2v) is 4.10. The second kappa shape index (κ2) is 3.30. The number of benzene rings is 1. The van der Waals surface area contributed by atoms with Crippen molar-refractivity contribution in [3.05, 3.63) is 37.7 Å². The van der Waals surface area contributed by atoms with Crippen molar-refractivity contribution in [2.45, 2.75) is 6.92 Å². The standard InChI is InChI=1S/C9H6FIN2O/c1-4-12-8-3-6(10)7(11)2-5(8)9(14)13-4/h2-3H,1H3,(H,12,13,14). The summed E-state index contributed by atoms with van der Waals surface area (Å²) < 4.78 is 13.6. The van der Waals surface area contributed by atoms with Crippen LogP contribution in [0.15, 0.2) is 16.9 Å². The first-order valence-corrected chi connectivity index (χ1v) is 5.01. The van der Waals surface area contributed by atoms with Crippen LogP contribution in [0, 0.1) is 16.3 Å². The maximum Gasteiger partial charge on any atom is 0.258 e.